The Kier molecular flexibility index (Phi) is 4.89. The quantitative estimate of drug-likeness (QED) is 0.412. The third-order valence-corrected chi connectivity index (χ3v) is 5.97. The van der Waals surface area contributed by atoms with Crippen LogP contribution in [0.3, 0.4) is 0 Å². The number of nitrogens with one attached hydrogen (secondary N) is 1. The summed E-state index contributed by atoms with van der Waals surface area (Å²) in [6.45, 7) is 0.451. The number of H-pyrrole nitrogens is 1. The molecule has 2 aromatic heterocycles. The molecule has 1 unspecified atom stereocenters. The van der Waals surface area contributed by atoms with Crippen LogP contribution in [-0.2, 0) is 6.54 Å². The number of pyridine rings is 1. The van der Waals surface area contributed by atoms with Gasteiger partial charge in [0.15, 0.2) is 0 Å². The molecule has 0 bridgehead atoms. The van der Waals surface area contributed by atoms with E-state index in [-0.39, 0.29) is 11.9 Å². The highest BCUT2D eigenvalue weighted by Crippen LogP contribution is 2.43. The number of amides is 1. The van der Waals surface area contributed by atoms with Gasteiger partial charge in [-0.3, -0.25) is 14.9 Å². The zero-order valence-electron chi connectivity index (χ0n) is 15.7. The number of carbonyl (C=O) groups is 1. The molecule has 1 N–H and O–H groups in total. The van der Waals surface area contributed by atoms with E-state index < -0.39 is 0 Å². The van der Waals surface area contributed by atoms with Gasteiger partial charge in [-0.15, -0.1) is 0 Å². The van der Waals surface area contributed by atoms with Crippen molar-refractivity contribution in [2.24, 2.45) is 0 Å². The van der Waals surface area contributed by atoms with Crippen molar-refractivity contribution in [3.05, 3.63) is 105 Å². The molecule has 4 aromatic rings. The number of benzene rings is 2. The molecular weight excluding hydrogens is 464 g/mol. The topological polar surface area (TPSA) is 61.9 Å². The zero-order valence-corrected chi connectivity index (χ0v) is 18.1. The van der Waals surface area contributed by atoms with E-state index in [0.29, 0.717) is 17.3 Å². The van der Waals surface area contributed by atoms with Crippen molar-refractivity contribution in [3.8, 4) is 11.3 Å². The van der Waals surface area contributed by atoms with Crippen LogP contribution in [0.25, 0.3) is 11.3 Å². The molecule has 1 amide bonds. The highest BCUT2D eigenvalue weighted by atomic mass is 79.9. The van der Waals surface area contributed by atoms with E-state index in [2.05, 4.69) is 31.1 Å². The predicted octanol–water partition coefficient (Wildman–Crippen LogP) is 5.63. The van der Waals surface area contributed by atoms with Gasteiger partial charge in [0.05, 0.1) is 11.7 Å². The Morgan fingerprint density at radius 1 is 1.10 bits per heavy atom. The molecule has 1 aliphatic rings. The number of aromatic amines is 1. The molecule has 0 radical (unpaired) electrons. The predicted molar refractivity (Wildman–Crippen MR) is 119 cm³/mol. The first-order valence-electron chi connectivity index (χ1n) is 9.41. The minimum atomic E-state index is -0.269. The lowest BCUT2D eigenvalue weighted by molar-refractivity contribution is 0.0730. The van der Waals surface area contributed by atoms with E-state index in [1.54, 1.807) is 12.4 Å². The molecule has 1 aliphatic heterocycles. The number of rotatable bonds is 4. The fourth-order valence-electron chi connectivity index (χ4n) is 3.90. The second-order valence-corrected chi connectivity index (χ2v) is 8.47. The molecule has 5 nitrogen and oxygen atoms in total. The van der Waals surface area contributed by atoms with Crippen molar-refractivity contribution in [2.45, 2.75) is 12.6 Å². The SMILES string of the molecule is O=C1c2[nH]nc(-c3ccc(Cl)cc3)c2C(c2cccc(Br)c2)N1Cc1cccnc1. The first-order valence-corrected chi connectivity index (χ1v) is 10.6. The largest absolute Gasteiger partial charge is 0.322 e. The monoisotopic (exact) mass is 478 g/mol. The molecule has 7 heteroatoms. The van der Waals surface area contributed by atoms with Gasteiger partial charge in [-0.25, -0.2) is 0 Å². The van der Waals surface area contributed by atoms with E-state index in [0.717, 1.165) is 32.4 Å². The van der Waals surface area contributed by atoms with Gasteiger partial charge in [-0.05, 0) is 41.5 Å². The summed E-state index contributed by atoms with van der Waals surface area (Å²) < 4.78 is 0.957. The molecule has 3 heterocycles. The van der Waals surface area contributed by atoms with Gasteiger partial charge < -0.3 is 4.90 Å². The molecule has 0 aliphatic carbocycles. The molecule has 0 saturated carbocycles. The maximum absolute atomic E-state index is 13.4. The van der Waals surface area contributed by atoms with Crippen LogP contribution in [0.2, 0.25) is 5.02 Å². The summed E-state index contributed by atoms with van der Waals surface area (Å²) >= 11 is 9.63. The fraction of sp³-hybridized carbons (Fsp3) is 0.0870. The molecular formula is C23H16BrClN4O. The second kappa shape index (κ2) is 7.70. The normalized spacial score (nSPS) is 15.5. The highest BCUT2D eigenvalue weighted by molar-refractivity contribution is 9.10. The van der Waals surface area contributed by atoms with Crippen molar-refractivity contribution < 1.29 is 4.79 Å². The number of fused-ring (bicyclic) bond motifs is 1. The van der Waals surface area contributed by atoms with Crippen molar-refractivity contribution in [2.75, 3.05) is 0 Å². The molecule has 5 rings (SSSR count). The maximum Gasteiger partial charge on any atom is 0.273 e. The lowest BCUT2D eigenvalue weighted by atomic mass is 9.96. The third kappa shape index (κ3) is 3.32. The van der Waals surface area contributed by atoms with Gasteiger partial charge in [-0.2, -0.15) is 5.10 Å². The van der Waals surface area contributed by atoms with Crippen molar-refractivity contribution in [1.29, 1.82) is 0 Å². The van der Waals surface area contributed by atoms with Gasteiger partial charge >= 0.3 is 0 Å². The van der Waals surface area contributed by atoms with E-state index in [1.807, 2.05) is 65.6 Å². The molecule has 0 spiro atoms. The van der Waals surface area contributed by atoms with E-state index in [4.69, 9.17) is 11.6 Å². The number of carbonyl (C=O) groups excluding carboxylic acids is 1. The van der Waals surface area contributed by atoms with Gasteiger partial charge in [-0.1, -0.05) is 57.9 Å². The van der Waals surface area contributed by atoms with Crippen LogP contribution in [0, 0.1) is 0 Å². The first-order chi connectivity index (χ1) is 14.6. The van der Waals surface area contributed by atoms with Crippen LogP contribution in [0.15, 0.2) is 77.5 Å². The van der Waals surface area contributed by atoms with Crippen molar-refractivity contribution in [1.82, 2.24) is 20.1 Å². The van der Waals surface area contributed by atoms with E-state index in [1.165, 1.54) is 0 Å². The Bertz CT molecular complexity index is 1220. The van der Waals surface area contributed by atoms with Crippen LogP contribution < -0.4 is 0 Å². The summed E-state index contributed by atoms with van der Waals surface area (Å²) in [5, 5.41) is 8.12. The van der Waals surface area contributed by atoms with E-state index >= 15 is 0 Å². The van der Waals surface area contributed by atoms with E-state index in [9.17, 15) is 4.79 Å². The molecule has 2 aromatic carbocycles. The number of hydrogen-bond acceptors (Lipinski definition) is 3. The van der Waals surface area contributed by atoms with Crippen LogP contribution >= 0.6 is 27.5 Å². The van der Waals surface area contributed by atoms with Gasteiger partial charge in [0.25, 0.3) is 5.91 Å². The highest BCUT2D eigenvalue weighted by Gasteiger charge is 2.42. The van der Waals surface area contributed by atoms with Crippen molar-refractivity contribution in [3.63, 3.8) is 0 Å². The summed E-state index contributed by atoms with van der Waals surface area (Å²) in [7, 11) is 0. The number of aromatic nitrogens is 3. The Balaban J connectivity index is 1.66. The summed E-state index contributed by atoms with van der Waals surface area (Å²) in [5.41, 5.74) is 5.05. The molecule has 0 saturated heterocycles. The van der Waals surface area contributed by atoms with Crippen LogP contribution in [0.5, 0.6) is 0 Å². The smallest absolute Gasteiger partial charge is 0.273 e. The van der Waals surface area contributed by atoms with Crippen LogP contribution in [0.1, 0.15) is 33.2 Å². The molecule has 30 heavy (non-hydrogen) atoms. The van der Waals surface area contributed by atoms with Gasteiger partial charge in [0.1, 0.15) is 5.69 Å². The Hall–Kier alpha value is -2.96. The molecule has 148 valence electrons. The first kappa shape index (κ1) is 19.0. The molecule has 1 atom stereocenters. The number of nitrogens with zero attached hydrogens (tertiary/aromatic N) is 3. The summed E-state index contributed by atoms with van der Waals surface area (Å²) in [5.74, 6) is -0.0773. The summed E-state index contributed by atoms with van der Waals surface area (Å²) in [6, 6.07) is 19.1. The van der Waals surface area contributed by atoms with Crippen molar-refractivity contribution >= 4 is 33.4 Å². The summed E-state index contributed by atoms with van der Waals surface area (Å²) in [4.78, 5) is 19.4. The lowest BCUT2D eigenvalue weighted by Gasteiger charge is -2.26. The standard InChI is InChI=1S/C23H16BrClN4O/c24-17-5-1-4-16(11-17)22-19-20(15-6-8-18(25)9-7-15)27-28-21(19)23(30)29(22)13-14-3-2-10-26-12-14/h1-12,22H,13H2,(H,27,28). The number of hydrogen-bond donors (Lipinski definition) is 1. The minimum Gasteiger partial charge on any atom is -0.322 e. The second-order valence-electron chi connectivity index (χ2n) is 7.12. The minimum absolute atomic E-state index is 0.0773. The summed E-state index contributed by atoms with van der Waals surface area (Å²) in [6.07, 6.45) is 3.52. The van der Waals surface area contributed by atoms with Gasteiger partial charge in [0, 0.05) is 39.6 Å². The molecule has 0 fully saturated rings. The van der Waals surface area contributed by atoms with Crippen LogP contribution in [0.4, 0.5) is 0 Å². The van der Waals surface area contributed by atoms with Gasteiger partial charge in [0.2, 0.25) is 0 Å². The zero-order chi connectivity index (χ0) is 20.7. The average molecular weight is 480 g/mol. The third-order valence-electron chi connectivity index (χ3n) is 5.22. The average Bonchev–Trinajstić information content (AvgIpc) is 3.29. The van der Waals surface area contributed by atoms with Crippen LogP contribution in [-0.4, -0.2) is 26.0 Å². The number of halogens is 2. The Labute approximate surface area is 186 Å². The Morgan fingerprint density at radius 2 is 1.93 bits per heavy atom. The maximum atomic E-state index is 13.4. The fourth-order valence-corrected chi connectivity index (χ4v) is 4.44. The lowest BCUT2D eigenvalue weighted by Crippen LogP contribution is -2.29. The Morgan fingerprint density at radius 3 is 2.67 bits per heavy atom.